The summed E-state index contributed by atoms with van der Waals surface area (Å²) in [6.07, 6.45) is 2.25. The van der Waals surface area contributed by atoms with E-state index in [0.717, 1.165) is 10.7 Å². The summed E-state index contributed by atoms with van der Waals surface area (Å²) in [7, 11) is 0. The first-order chi connectivity index (χ1) is 3.27. The van der Waals surface area contributed by atoms with E-state index < -0.39 is 0 Å². The Kier molecular flexibility index (Phi) is 5.77. The molecule has 7 heavy (non-hydrogen) atoms. The quantitative estimate of drug-likeness (QED) is 0.516. The Morgan fingerprint density at radius 1 is 1.57 bits per heavy atom. The zero-order chi connectivity index (χ0) is 5.70. The molecule has 0 rings (SSSR count). The van der Waals surface area contributed by atoms with E-state index in [1.165, 1.54) is 30.0 Å². The van der Waals surface area contributed by atoms with Crippen molar-refractivity contribution in [2.45, 2.75) is 17.8 Å². The predicted octanol–water partition coefficient (Wildman–Crippen LogP) is 0.499. The van der Waals surface area contributed by atoms with Crippen molar-refractivity contribution < 1.29 is 0 Å². The zero-order valence-corrected chi connectivity index (χ0v) is 9.12. The fraction of sp³-hybridized carbons (Fsp3) is 0.750. The molecule has 0 aliphatic carbocycles. The van der Waals surface area contributed by atoms with Gasteiger partial charge in [-0.3, -0.25) is 0 Å². The topological polar surface area (TPSA) is 23.9 Å². The zero-order valence-electron chi connectivity index (χ0n) is 4.28. The fourth-order valence-corrected chi connectivity index (χ4v) is 1.15. The van der Waals surface area contributed by atoms with E-state index in [4.69, 9.17) is 5.41 Å². The van der Waals surface area contributed by atoms with E-state index in [1.54, 1.807) is 18.6 Å². The van der Waals surface area contributed by atoms with Crippen LogP contribution in [0.3, 0.4) is 0 Å². The summed E-state index contributed by atoms with van der Waals surface area (Å²) < 4.78 is 0.880. The first-order valence-corrected chi connectivity index (χ1v) is 5.22. The average molecular weight is 209 g/mol. The van der Waals surface area contributed by atoms with Gasteiger partial charge in [0.1, 0.15) is 0 Å². The monoisotopic (exact) mass is 207 g/mol. The number of hydrogen-bond acceptors (Lipinski definition) is 1. The average Bonchev–Trinajstić information content (AvgIpc) is 1.61. The Balaban J connectivity index is 2.82. The molecule has 0 atom stereocenters. The van der Waals surface area contributed by atoms with Crippen molar-refractivity contribution in [1.29, 1.82) is 5.41 Å². The molecular weight excluding hydrogens is 201 g/mol. The molecule has 3 heteroatoms. The van der Waals surface area contributed by atoms with Crippen molar-refractivity contribution in [3.05, 3.63) is 0 Å². The van der Waals surface area contributed by atoms with Crippen molar-refractivity contribution in [2.75, 3.05) is 0 Å². The van der Waals surface area contributed by atoms with Crippen LogP contribution in [0.4, 0.5) is 0 Å². The van der Waals surface area contributed by atoms with Crippen LogP contribution in [-0.2, 0) is 0 Å². The van der Waals surface area contributed by atoms with E-state index in [1.807, 2.05) is 0 Å². The van der Waals surface area contributed by atoms with Crippen molar-refractivity contribution in [1.82, 2.24) is 0 Å². The SMILES string of the molecule is N=[C]([Ga])CC[CH2][Ga]. The molecule has 0 aromatic heterocycles. The van der Waals surface area contributed by atoms with Gasteiger partial charge in [-0.1, -0.05) is 0 Å². The molecule has 0 fully saturated rings. The summed E-state index contributed by atoms with van der Waals surface area (Å²) in [6.45, 7) is 0. The van der Waals surface area contributed by atoms with Crippen molar-refractivity contribution in [2.24, 2.45) is 0 Å². The summed E-state index contributed by atoms with van der Waals surface area (Å²) in [6, 6.07) is 0. The number of rotatable bonds is 3. The molecule has 0 spiro atoms. The van der Waals surface area contributed by atoms with E-state index in [9.17, 15) is 0 Å². The molecule has 34 valence electrons. The molecule has 0 bridgehead atoms. The van der Waals surface area contributed by atoms with Crippen LogP contribution in [0.1, 0.15) is 12.8 Å². The Morgan fingerprint density at radius 2 is 2.14 bits per heavy atom. The van der Waals surface area contributed by atoms with Crippen LogP contribution in [0, 0.1) is 5.41 Å². The molecule has 4 radical (unpaired) electrons. The van der Waals surface area contributed by atoms with Crippen molar-refractivity contribution in [3.63, 3.8) is 0 Å². The number of nitrogens with one attached hydrogen (secondary N) is 1. The molecule has 0 aromatic carbocycles. The Hall–Kier alpha value is 0.943. The molecule has 0 unspecified atom stereocenters. The maximum absolute atomic E-state index is 7.03. The molecule has 1 nitrogen and oxygen atoms in total. The van der Waals surface area contributed by atoms with Crippen LogP contribution >= 0.6 is 0 Å². The summed E-state index contributed by atoms with van der Waals surface area (Å²) in [5.74, 6) is 0. The third kappa shape index (κ3) is 6.94. The second-order valence-electron chi connectivity index (χ2n) is 1.42. The fourth-order valence-electron chi connectivity index (χ4n) is 0.293. The van der Waals surface area contributed by atoms with Crippen LogP contribution in [0.25, 0.3) is 0 Å². The number of hydrogen-bond donors (Lipinski definition) is 1. The normalized spacial score (nSPS) is 8.57. The first kappa shape index (κ1) is 7.94. The summed E-state index contributed by atoms with van der Waals surface area (Å²) in [5.41, 5.74) is 0. The molecule has 1 N–H and O–H groups in total. The Morgan fingerprint density at radius 3 is 2.29 bits per heavy atom. The van der Waals surface area contributed by atoms with Gasteiger partial charge in [-0.05, 0) is 0 Å². The minimum atomic E-state index is 0.880. The van der Waals surface area contributed by atoms with Crippen LogP contribution in [0.2, 0.25) is 4.98 Å². The van der Waals surface area contributed by atoms with E-state index in [0.29, 0.717) is 0 Å². The predicted molar refractivity (Wildman–Crippen MR) is 33.3 cm³/mol. The van der Waals surface area contributed by atoms with Gasteiger partial charge in [-0.2, -0.15) is 0 Å². The summed E-state index contributed by atoms with van der Waals surface area (Å²) >= 11 is 3.23. The van der Waals surface area contributed by atoms with Gasteiger partial charge in [0.05, 0.1) is 0 Å². The standard InChI is InChI=1S/C4H7N.2Ga/c1-2-3-4-5;;/h5H,1-3H2;;. The Bertz CT molecular complexity index is 62.7. The summed E-state index contributed by atoms with van der Waals surface area (Å²) in [5, 5.41) is 7.03. The van der Waals surface area contributed by atoms with Gasteiger partial charge < -0.3 is 0 Å². The molecule has 0 heterocycles. The molecule has 0 aliphatic rings. The molecular formula is C4H7Ga2N. The van der Waals surface area contributed by atoms with Crippen molar-refractivity contribution >= 4 is 41.5 Å². The minimum absolute atomic E-state index is 0.880. The van der Waals surface area contributed by atoms with Crippen LogP contribution in [0.15, 0.2) is 0 Å². The van der Waals surface area contributed by atoms with Crippen LogP contribution < -0.4 is 0 Å². The van der Waals surface area contributed by atoms with Gasteiger partial charge in [0.15, 0.2) is 0 Å². The van der Waals surface area contributed by atoms with Gasteiger partial charge >= 0.3 is 64.7 Å². The first-order valence-electron chi connectivity index (χ1n) is 2.30. The van der Waals surface area contributed by atoms with Gasteiger partial charge in [0.25, 0.3) is 0 Å². The molecule has 0 saturated heterocycles. The van der Waals surface area contributed by atoms with E-state index in [-0.39, 0.29) is 0 Å². The van der Waals surface area contributed by atoms with Gasteiger partial charge in [-0.15, -0.1) is 0 Å². The van der Waals surface area contributed by atoms with Crippen LogP contribution in [0.5, 0.6) is 0 Å². The maximum atomic E-state index is 7.03. The molecule has 0 saturated carbocycles. The third-order valence-electron chi connectivity index (χ3n) is 0.650. The second-order valence-corrected chi connectivity index (χ2v) is 4.09. The van der Waals surface area contributed by atoms with Gasteiger partial charge in [0, 0.05) is 0 Å². The van der Waals surface area contributed by atoms with E-state index in [2.05, 4.69) is 0 Å². The molecule has 0 aliphatic heterocycles. The molecule has 0 amide bonds. The van der Waals surface area contributed by atoms with E-state index >= 15 is 0 Å². The van der Waals surface area contributed by atoms with Gasteiger partial charge in [0.2, 0.25) is 0 Å². The molecule has 0 aromatic rings. The second kappa shape index (κ2) is 5.09. The van der Waals surface area contributed by atoms with Crippen LogP contribution in [-0.4, -0.2) is 41.5 Å². The van der Waals surface area contributed by atoms with Gasteiger partial charge in [-0.25, -0.2) is 0 Å². The van der Waals surface area contributed by atoms with Crippen molar-refractivity contribution in [3.8, 4) is 0 Å². The summed E-state index contributed by atoms with van der Waals surface area (Å²) in [4.78, 5) is 1.28. The third-order valence-corrected chi connectivity index (χ3v) is 2.11. The Labute approximate surface area is 64.6 Å².